The molecule has 0 radical (unpaired) electrons. The fraction of sp³-hybridized carbons (Fsp3) is 0. The zero-order chi connectivity index (χ0) is 25.4. The second-order valence-corrected chi connectivity index (χ2v) is 9.07. The summed E-state index contributed by atoms with van der Waals surface area (Å²) in [6.45, 7) is 0. The molecule has 1 unspecified atom stereocenters. The van der Waals surface area contributed by atoms with Crippen LogP contribution in [0.5, 0.6) is 0 Å². The monoisotopic (exact) mass is 500 g/mol. The van der Waals surface area contributed by atoms with Gasteiger partial charge in [-0.1, -0.05) is 72.3 Å². The van der Waals surface area contributed by atoms with E-state index in [1.807, 2.05) is 66.7 Å². The summed E-state index contributed by atoms with van der Waals surface area (Å²) in [4.78, 5) is 25.6. The van der Waals surface area contributed by atoms with Crippen molar-refractivity contribution in [2.45, 2.75) is 0 Å². The lowest BCUT2D eigenvalue weighted by atomic mass is 10.0. The Hall–Kier alpha value is -4.83. The summed E-state index contributed by atoms with van der Waals surface area (Å²) in [5.74, 6) is 0.880. The first kappa shape index (κ1) is 22.6. The molecule has 1 aliphatic rings. The van der Waals surface area contributed by atoms with Crippen molar-refractivity contribution in [2.75, 3.05) is 0 Å². The Morgan fingerprint density at radius 1 is 0.784 bits per heavy atom. The van der Waals surface area contributed by atoms with Crippen LogP contribution >= 0.6 is 11.6 Å². The average molecular weight is 501 g/mol. The Labute approximate surface area is 218 Å². The van der Waals surface area contributed by atoms with Crippen LogP contribution in [0, 0.1) is 11.3 Å². The molecule has 6 rings (SSSR count). The van der Waals surface area contributed by atoms with Gasteiger partial charge in [-0.3, -0.25) is 4.79 Å². The number of quaternary nitrogens is 1. The molecule has 1 atom stereocenters. The quantitative estimate of drug-likeness (QED) is 0.263. The van der Waals surface area contributed by atoms with Crippen molar-refractivity contribution in [1.29, 1.82) is 5.26 Å². The zero-order valence-electron chi connectivity index (χ0n) is 19.5. The molecule has 1 aliphatic heterocycles. The summed E-state index contributed by atoms with van der Waals surface area (Å²) in [5, 5.41) is 10.1. The molecule has 0 bridgehead atoms. The lowest BCUT2D eigenvalue weighted by Gasteiger charge is -2.29. The molecule has 176 valence electrons. The summed E-state index contributed by atoms with van der Waals surface area (Å²) < 4.78 is -0.0545. The van der Waals surface area contributed by atoms with Crippen molar-refractivity contribution in [2.24, 2.45) is 4.99 Å². The van der Waals surface area contributed by atoms with Crippen molar-refractivity contribution in [3.63, 3.8) is 0 Å². The second-order valence-electron chi connectivity index (χ2n) is 8.64. The van der Waals surface area contributed by atoms with Crippen LogP contribution in [0.25, 0.3) is 22.5 Å². The molecule has 1 N–H and O–H groups in total. The van der Waals surface area contributed by atoms with E-state index in [0.717, 1.165) is 28.1 Å². The highest BCUT2D eigenvalue weighted by atomic mass is 35.5. The summed E-state index contributed by atoms with van der Waals surface area (Å²) in [6, 6.07) is 34.7. The normalized spacial score (nSPS) is 15.8. The van der Waals surface area contributed by atoms with Crippen molar-refractivity contribution in [1.82, 2.24) is 14.5 Å². The Morgan fingerprint density at radius 2 is 1.49 bits per heavy atom. The first-order chi connectivity index (χ1) is 18.1. The molecule has 7 heteroatoms. The van der Waals surface area contributed by atoms with E-state index in [1.54, 1.807) is 30.6 Å². The van der Waals surface area contributed by atoms with Crippen molar-refractivity contribution in [3.8, 4) is 28.6 Å². The van der Waals surface area contributed by atoms with Gasteiger partial charge in [-0.25, -0.2) is 0 Å². The van der Waals surface area contributed by atoms with E-state index in [1.165, 1.54) is 0 Å². The number of nitrogens with zero attached hydrogens (tertiary/aromatic N) is 4. The van der Waals surface area contributed by atoms with Gasteiger partial charge in [-0.05, 0) is 29.3 Å². The van der Waals surface area contributed by atoms with Crippen LogP contribution in [0.15, 0.2) is 113 Å². The number of halogens is 1. The Morgan fingerprint density at radius 3 is 2.22 bits per heavy atom. The molecule has 0 amide bonds. The summed E-state index contributed by atoms with van der Waals surface area (Å²) in [6.07, 6.45) is 1.68. The first-order valence-electron chi connectivity index (χ1n) is 11.6. The van der Waals surface area contributed by atoms with E-state index in [2.05, 4.69) is 28.2 Å². The Bertz CT molecular complexity index is 1750. The number of aromatic amines is 1. The fourth-order valence-electron chi connectivity index (χ4n) is 4.60. The number of nitriles is 1. The second kappa shape index (κ2) is 8.99. The summed E-state index contributed by atoms with van der Waals surface area (Å²) in [5.41, 5.74) is 4.83. The van der Waals surface area contributed by atoms with Crippen LogP contribution in [0.3, 0.4) is 0 Å². The molecular formula is C30H19ClN5O+. The number of aliphatic imine (C=N–C) groups is 1. The molecule has 0 saturated carbocycles. The van der Waals surface area contributed by atoms with E-state index in [9.17, 15) is 10.1 Å². The van der Waals surface area contributed by atoms with Gasteiger partial charge in [0.15, 0.2) is 5.69 Å². The molecule has 6 nitrogen and oxygen atoms in total. The fourth-order valence-corrected chi connectivity index (χ4v) is 4.73. The predicted octanol–water partition coefficient (Wildman–Crippen LogP) is 7.27. The van der Waals surface area contributed by atoms with E-state index in [-0.39, 0.29) is 15.7 Å². The maximum absolute atomic E-state index is 13.2. The lowest BCUT2D eigenvalue weighted by molar-refractivity contribution is 0.757. The number of hydrogen-bond donors (Lipinski definition) is 1. The van der Waals surface area contributed by atoms with Crippen molar-refractivity contribution in [3.05, 3.63) is 124 Å². The topological polar surface area (TPSA) is 81.9 Å². The third kappa shape index (κ3) is 3.83. The molecule has 0 spiro atoms. The molecule has 0 fully saturated rings. The van der Waals surface area contributed by atoms with E-state index >= 15 is 0 Å². The number of H-pyrrole nitrogens is 1. The third-order valence-corrected chi connectivity index (χ3v) is 6.70. The molecule has 0 saturated heterocycles. The number of hydrogen-bond acceptors (Lipinski definition) is 4. The van der Waals surface area contributed by atoms with Gasteiger partial charge >= 0.3 is 0 Å². The number of rotatable bonds is 4. The standard InChI is InChI=1S/C30H18ClN5O/c31-24-13-15-25(16-14-24)36(26-8-4-5-20(17-26)18-32)19-33-27-29(36)34-28(35-30(27)37)23-11-9-22(10-12-23)21-6-2-1-3-7-21/h1-17,19H/p+1. The van der Waals surface area contributed by atoms with E-state index in [4.69, 9.17) is 16.6 Å². The maximum Gasteiger partial charge on any atom is 0.283 e. The minimum atomic E-state index is -0.339. The molecule has 5 aromatic rings. The van der Waals surface area contributed by atoms with Gasteiger partial charge in [0.1, 0.15) is 11.5 Å². The van der Waals surface area contributed by atoms with Gasteiger partial charge in [0, 0.05) is 34.9 Å². The number of benzene rings is 4. The molecule has 1 aromatic heterocycles. The smallest absolute Gasteiger partial charge is 0.283 e. The highest BCUT2D eigenvalue weighted by Gasteiger charge is 2.45. The van der Waals surface area contributed by atoms with Crippen molar-refractivity contribution >= 4 is 40.8 Å². The largest absolute Gasteiger partial charge is 0.304 e. The van der Waals surface area contributed by atoms with Gasteiger partial charge < -0.3 is 4.98 Å². The highest BCUT2D eigenvalue weighted by Crippen LogP contribution is 2.48. The third-order valence-electron chi connectivity index (χ3n) is 6.45. The van der Waals surface area contributed by atoms with Crippen LogP contribution < -0.4 is 10.0 Å². The lowest BCUT2D eigenvalue weighted by Crippen LogP contribution is -2.36. The van der Waals surface area contributed by atoms with Gasteiger partial charge in [-0.15, -0.1) is 0 Å². The highest BCUT2D eigenvalue weighted by molar-refractivity contribution is 6.30. The van der Waals surface area contributed by atoms with E-state index < -0.39 is 0 Å². The summed E-state index contributed by atoms with van der Waals surface area (Å²) in [7, 11) is 0. The number of aromatic nitrogens is 2. The molecule has 2 heterocycles. The molecule has 37 heavy (non-hydrogen) atoms. The van der Waals surface area contributed by atoms with Crippen LogP contribution in [-0.4, -0.2) is 16.3 Å². The Balaban J connectivity index is 1.54. The predicted molar refractivity (Wildman–Crippen MR) is 148 cm³/mol. The van der Waals surface area contributed by atoms with Crippen LogP contribution in [0.1, 0.15) is 5.56 Å². The van der Waals surface area contributed by atoms with Crippen molar-refractivity contribution < 1.29 is 0 Å². The maximum atomic E-state index is 13.2. The zero-order valence-corrected chi connectivity index (χ0v) is 20.2. The van der Waals surface area contributed by atoms with Gasteiger partial charge in [0.05, 0.1) is 11.6 Å². The Kier molecular flexibility index (Phi) is 5.50. The summed E-state index contributed by atoms with van der Waals surface area (Å²) >= 11 is 6.19. The molecular weight excluding hydrogens is 482 g/mol. The van der Waals surface area contributed by atoms with E-state index in [0.29, 0.717) is 22.2 Å². The number of nitrogens with one attached hydrogen (secondary N) is 1. The first-order valence-corrected chi connectivity index (χ1v) is 12.0. The van der Waals surface area contributed by atoms with Gasteiger partial charge in [0.2, 0.25) is 12.0 Å². The average Bonchev–Trinajstić information content (AvgIpc) is 3.35. The minimum absolute atomic E-state index is 0.0545. The molecule has 0 aliphatic carbocycles. The van der Waals surface area contributed by atoms with Gasteiger partial charge in [-0.2, -0.15) is 19.7 Å². The van der Waals surface area contributed by atoms with Gasteiger partial charge in [0.25, 0.3) is 11.4 Å². The van der Waals surface area contributed by atoms with Crippen LogP contribution in [0.2, 0.25) is 5.02 Å². The molecule has 4 aromatic carbocycles. The van der Waals surface area contributed by atoms with Crippen LogP contribution in [0.4, 0.5) is 22.9 Å². The van der Waals surface area contributed by atoms with Crippen LogP contribution in [-0.2, 0) is 0 Å². The minimum Gasteiger partial charge on any atom is -0.304 e. The number of fused-ring (bicyclic) bond motifs is 1. The SMILES string of the molecule is N#Cc1cccc([N+]2(c3ccc(Cl)cc3)C=Nc3c2nc(-c2ccc(-c4ccccc4)cc2)[nH]c3=O)c1.